The van der Waals surface area contributed by atoms with Gasteiger partial charge in [-0.15, -0.1) is 0 Å². The molecule has 1 heterocycles. The Morgan fingerprint density at radius 2 is 2.62 bits per heavy atom. The molecule has 0 bridgehead atoms. The third kappa shape index (κ3) is 1.10. The number of hydrogen-bond donors (Lipinski definition) is 2. The zero-order valence-electron chi connectivity index (χ0n) is 4.39. The predicted molar refractivity (Wildman–Crippen MR) is 29.4 cm³/mol. The van der Waals surface area contributed by atoms with Crippen molar-refractivity contribution in [3.8, 4) is 0 Å². The fourth-order valence-electron chi connectivity index (χ4n) is 0.532. The molecule has 1 atom stereocenters. The van der Waals surface area contributed by atoms with E-state index in [4.69, 9.17) is 10.8 Å². The first kappa shape index (κ1) is 5.37. The number of guanidine groups is 1. The number of nitrogens with one attached hydrogen (secondary N) is 2. The molecule has 0 aromatic rings. The van der Waals surface area contributed by atoms with E-state index in [-0.39, 0.29) is 5.96 Å². The lowest BCUT2D eigenvalue weighted by Crippen LogP contribution is -2.39. The van der Waals surface area contributed by atoms with Crippen molar-refractivity contribution in [1.82, 2.24) is 11.1 Å². The van der Waals surface area contributed by atoms with E-state index >= 15 is 0 Å². The first-order valence-corrected chi connectivity index (χ1v) is 2.47. The average molecular weight is 114 g/mol. The molecule has 0 saturated heterocycles. The molecule has 1 rings (SSSR count). The van der Waals surface area contributed by atoms with Crippen molar-refractivity contribution in [3.05, 3.63) is 0 Å². The van der Waals surface area contributed by atoms with Crippen LogP contribution in [0.15, 0.2) is 4.99 Å². The molecule has 45 valence electrons. The minimum Gasteiger partial charge on any atom is -0.389 e. The quantitative estimate of drug-likeness (QED) is 0.406. The fourth-order valence-corrected chi connectivity index (χ4v) is 0.532. The zero-order chi connectivity index (χ0) is 5.98. The summed E-state index contributed by atoms with van der Waals surface area (Å²) in [7, 11) is 0. The molecule has 1 radical (unpaired) electrons. The smallest absolute Gasteiger partial charge is 0.210 e. The van der Waals surface area contributed by atoms with Crippen molar-refractivity contribution >= 4 is 5.96 Å². The monoisotopic (exact) mass is 114 g/mol. The Bertz CT molecular complexity index is 112. The van der Waals surface area contributed by atoms with Gasteiger partial charge in [0.1, 0.15) is 0 Å². The molecule has 1 aliphatic heterocycles. The van der Waals surface area contributed by atoms with Crippen molar-refractivity contribution in [2.75, 3.05) is 13.1 Å². The maximum absolute atomic E-state index is 8.77. The molecule has 0 saturated carbocycles. The van der Waals surface area contributed by atoms with Gasteiger partial charge in [0.05, 0.1) is 12.6 Å². The molecule has 1 unspecified atom stereocenters. The maximum atomic E-state index is 8.77. The SMILES string of the molecule is [NH]C1=NCC(O)CN1. The van der Waals surface area contributed by atoms with E-state index in [0.29, 0.717) is 13.1 Å². The van der Waals surface area contributed by atoms with Gasteiger partial charge in [0, 0.05) is 6.54 Å². The van der Waals surface area contributed by atoms with Gasteiger partial charge < -0.3 is 10.4 Å². The number of nitrogens with zero attached hydrogens (tertiary/aromatic N) is 1. The summed E-state index contributed by atoms with van der Waals surface area (Å²) in [6.07, 6.45) is -0.399. The Balaban J connectivity index is 2.42. The minimum absolute atomic E-state index is 0.176. The normalized spacial score (nSPS) is 28.6. The van der Waals surface area contributed by atoms with Gasteiger partial charge in [-0.1, -0.05) is 0 Å². The maximum Gasteiger partial charge on any atom is 0.210 e. The number of β-amino-alcohol motifs (C(OH)–C–C–N with tert-alkyl or cyclic N) is 1. The fraction of sp³-hybridized carbons (Fsp3) is 0.750. The number of hydrogen-bond acceptors (Lipinski definition) is 3. The molecule has 0 spiro atoms. The first-order chi connectivity index (χ1) is 3.79. The summed E-state index contributed by atoms with van der Waals surface area (Å²) in [5.41, 5.74) is 6.89. The highest BCUT2D eigenvalue weighted by Crippen LogP contribution is 1.87. The molecule has 1 aliphatic rings. The van der Waals surface area contributed by atoms with Crippen molar-refractivity contribution in [2.24, 2.45) is 4.99 Å². The molecular weight excluding hydrogens is 106 g/mol. The van der Waals surface area contributed by atoms with Crippen LogP contribution in [0.4, 0.5) is 0 Å². The molecule has 4 heteroatoms. The summed E-state index contributed by atoms with van der Waals surface area (Å²) in [5, 5.41) is 11.4. The van der Waals surface area contributed by atoms with Gasteiger partial charge in [0.25, 0.3) is 0 Å². The molecular formula is C4H8N3O. The first-order valence-electron chi connectivity index (χ1n) is 2.47. The highest BCUT2D eigenvalue weighted by molar-refractivity contribution is 5.77. The van der Waals surface area contributed by atoms with E-state index in [1.165, 1.54) is 0 Å². The van der Waals surface area contributed by atoms with Crippen LogP contribution < -0.4 is 11.1 Å². The van der Waals surface area contributed by atoms with Crippen LogP contribution in [-0.2, 0) is 0 Å². The summed E-state index contributed by atoms with van der Waals surface area (Å²) >= 11 is 0. The second kappa shape index (κ2) is 2.00. The summed E-state index contributed by atoms with van der Waals surface area (Å²) < 4.78 is 0. The zero-order valence-corrected chi connectivity index (χ0v) is 4.39. The minimum atomic E-state index is -0.399. The highest BCUT2D eigenvalue weighted by atomic mass is 16.3. The molecule has 4 nitrogen and oxygen atoms in total. The van der Waals surface area contributed by atoms with Crippen LogP contribution in [0.5, 0.6) is 0 Å². The molecule has 0 aromatic heterocycles. The van der Waals surface area contributed by atoms with Gasteiger partial charge in [0.2, 0.25) is 5.96 Å². The molecule has 3 N–H and O–H groups in total. The van der Waals surface area contributed by atoms with Gasteiger partial charge in [-0.05, 0) is 0 Å². The van der Waals surface area contributed by atoms with Crippen molar-refractivity contribution in [3.63, 3.8) is 0 Å². The summed E-state index contributed by atoms with van der Waals surface area (Å²) in [6, 6.07) is 0. The van der Waals surface area contributed by atoms with E-state index in [9.17, 15) is 0 Å². The van der Waals surface area contributed by atoms with Crippen molar-refractivity contribution in [1.29, 1.82) is 0 Å². The topological polar surface area (TPSA) is 68.4 Å². The van der Waals surface area contributed by atoms with Crippen LogP contribution in [0.25, 0.3) is 0 Å². The van der Waals surface area contributed by atoms with Gasteiger partial charge in [-0.2, -0.15) is 0 Å². The third-order valence-corrected chi connectivity index (χ3v) is 0.965. The Morgan fingerprint density at radius 1 is 1.88 bits per heavy atom. The lowest BCUT2D eigenvalue weighted by atomic mass is 10.3. The highest BCUT2D eigenvalue weighted by Gasteiger charge is 2.08. The van der Waals surface area contributed by atoms with Gasteiger partial charge >= 0.3 is 0 Å². The van der Waals surface area contributed by atoms with Crippen LogP contribution >= 0.6 is 0 Å². The van der Waals surface area contributed by atoms with Crippen molar-refractivity contribution < 1.29 is 5.11 Å². The predicted octanol–water partition coefficient (Wildman–Crippen LogP) is -1.41. The van der Waals surface area contributed by atoms with Gasteiger partial charge in [0.15, 0.2) is 0 Å². The summed E-state index contributed by atoms with van der Waals surface area (Å²) in [5.74, 6) is 0.176. The third-order valence-electron chi connectivity index (χ3n) is 0.965. The molecule has 0 fully saturated rings. The molecule has 0 amide bonds. The molecule has 8 heavy (non-hydrogen) atoms. The number of rotatable bonds is 0. The number of aliphatic imine (C=N–C) groups is 1. The van der Waals surface area contributed by atoms with Crippen LogP contribution in [0.1, 0.15) is 0 Å². The van der Waals surface area contributed by atoms with Crippen LogP contribution in [0.3, 0.4) is 0 Å². The Labute approximate surface area is 47.4 Å². The van der Waals surface area contributed by atoms with Crippen molar-refractivity contribution in [2.45, 2.75) is 6.10 Å². The molecule has 0 aliphatic carbocycles. The van der Waals surface area contributed by atoms with Crippen LogP contribution in [0.2, 0.25) is 0 Å². The summed E-state index contributed by atoms with van der Waals surface area (Å²) in [4.78, 5) is 3.63. The second-order valence-electron chi connectivity index (χ2n) is 1.72. The average Bonchev–Trinajstić information content (AvgIpc) is 1.77. The standard InChI is InChI=1S/C4H8N3O/c5-4-6-1-3(8)2-7-4/h3,5,8H,1-2H2,(H,6,7). The summed E-state index contributed by atoms with van der Waals surface area (Å²) in [6.45, 7) is 0.828. The van der Waals surface area contributed by atoms with E-state index in [1.54, 1.807) is 0 Å². The van der Waals surface area contributed by atoms with Crippen LogP contribution in [0, 0.1) is 0 Å². The largest absolute Gasteiger partial charge is 0.389 e. The van der Waals surface area contributed by atoms with E-state index in [0.717, 1.165) is 0 Å². The van der Waals surface area contributed by atoms with E-state index in [2.05, 4.69) is 10.3 Å². The van der Waals surface area contributed by atoms with Crippen LogP contribution in [-0.4, -0.2) is 30.3 Å². The molecule has 0 aromatic carbocycles. The number of aliphatic hydroxyl groups is 1. The Morgan fingerprint density at radius 3 is 3.00 bits per heavy atom. The Kier molecular flexibility index (Phi) is 1.34. The van der Waals surface area contributed by atoms with E-state index < -0.39 is 6.10 Å². The second-order valence-corrected chi connectivity index (χ2v) is 1.72. The lowest BCUT2D eigenvalue weighted by Gasteiger charge is -2.14. The Hall–Kier alpha value is -0.770. The number of aliphatic hydroxyl groups excluding tert-OH is 1. The van der Waals surface area contributed by atoms with Gasteiger partial charge in [-0.3, -0.25) is 5.73 Å². The lowest BCUT2D eigenvalue weighted by molar-refractivity contribution is 0.181. The van der Waals surface area contributed by atoms with Gasteiger partial charge in [-0.25, -0.2) is 4.99 Å². The van der Waals surface area contributed by atoms with E-state index in [1.807, 2.05) is 0 Å².